The third-order valence-electron chi connectivity index (χ3n) is 6.13. The van der Waals surface area contributed by atoms with E-state index in [0.717, 1.165) is 12.8 Å². The molecule has 1 amide bonds. The number of pyridine rings is 2. The third-order valence-corrected chi connectivity index (χ3v) is 7.86. The summed E-state index contributed by atoms with van der Waals surface area (Å²) in [6.07, 6.45) is 5.64. The number of nitrogens with zero attached hydrogens (tertiary/aromatic N) is 4. The summed E-state index contributed by atoms with van der Waals surface area (Å²) in [7, 11) is -3.66. The van der Waals surface area contributed by atoms with Gasteiger partial charge in [0, 0.05) is 25.2 Å². The molecule has 0 spiro atoms. The molecule has 0 aromatic carbocycles. The van der Waals surface area contributed by atoms with Gasteiger partial charge in [-0.05, 0) is 43.4 Å². The maximum Gasteiger partial charge on any atom is 0.261 e. The standard InChI is InChI=1S/C22H22N4O4S/c1-2-31(28,29)18-11-14(22(13-23)8-9-22)12-24-20(18)26-10-7-17-16(21(26)27)5-6-19(25-17)30-15-3-4-15/h5-6,11-12,15H,2-4,7-10H2,1H3. The lowest BCUT2D eigenvalue weighted by Crippen LogP contribution is -2.39. The van der Waals surface area contributed by atoms with Crippen molar-refractivity contribution in [3.63, 3.8) is 0 Å². The van der Waals surface area contributed by atoms with Crippen molar-refractivity contribution in [1.82, 2.24) is 9.97 Å². The average Bonchev–Trinajstić information content (AvgIpc) is 3.70. The molecule has 2 aromatic heterocycles. The first kappa shape index (κ1) is 19.9. The molecule has 0 bridgehead atoms. The number of ether oxygens (including phenoxy) is 1. The minimum atomic E-state index is -3.66. The SMILES string of the molecule is CCS(=O)(=O)c1cc(C2(C#N)CC2)cnc1N1CCc2nc(OC3CC3)ccc2C1=O. The molecule has 0 saturated heterocycles. The third kappa shape index (κ3) is 3.45. The fourth-order valence-electron chi connectivity index (χ4n) is 3.83. The number of rotatable bonds is 6. The molecule has 9 heteroatoms. The Morgan fingerprint density at radius 3 is 2.74 bits per heavy atom. The molecule has 31 heavy (non-hydrogen) atoms. The van der Waals surface area contributed by atoms with Crippen LogP contribution in [0.5, 0.6) is 5.88 Å². The Hall–Kier alpha value is -2.99. The monoisotopic (exact) mass is 438 g/mol. The fraction of sp³-hybridized carbons (Fsp3) is 0.455. The molecule has 0 unspecified atom stereocenters. The maximum atomic E-state index is 13.2. The van der Waals surface area contributed by atoms with E-state index in [1.54, 1.807) is 19.1 Å². The van der Waals surface area contributed by atoms with Gasteiger partial charge in [-0.3, -0.25) is 9.69 Å². The van der Waals surface area contributed by atoms with Crippen molar-refractivity contribution in [2.75, 3.05) is 17.2 Å². The van der Waals surface area contributed by atoms with Crippen LogP contribution in [0.2, 0.25) is 0 Å². The summed E-state index contributed by atoms with van der Waals surface area (Å²) in [5.41, 5.74) is 1.01. The minimum absolute atomic E-state index is 0.00692. The van der Waals surface area contributed by atoms with E-state index in [1.165, 1.54) is 17.2 Å². The highest BCUT2D eigenvalue weighted by atomic mass is 32.2. The molecule has 0 radical (unpaired) electrons. The number of fused-ring (bicyclic) bond motifs is 1. The molecule has 3 aliphatic rings. The Labute approximate surface area is 180 Å². The highest BCUT2D eigenvalue weighted by molar-refractivity contribution is 7.91. The van der Waals surface area contributed by atoms with Gasteiger partial charge in [-0.2, -0.15) is 5.26 Å². The highest BCUT2D eigenvalue weighted by Crippen LogP contribution is 2.48. The van der Waals surface area contributed by atoms with E-state index in [0.29, 0.717) is 42.0 Å². The zero-order chi connectivity index (χ0) is 21.8. The quantitative estimate of drug-likeness (QED) is 0.681. The summed E-state index contributed by atoms with van der Waals surface area (Å²) >= 11 is 0. The van der Waals surface area contributed by atoms with E-state index in [2.05, 4.69) is 16.0 Å². The van der Waals surface area contributed by atoms with Crippen LogP contribution >= 0.6 is 0 Å². The summed E-state index contributed by atoms with van der Waals surface area (Å²) in [6.45, 7) is 1.83. The Balaban J connectivity index is 1.52. The molecular formula is C22H22N4O4S. The molecule has 2 fully saturated rings. The Kier molecular flexibility index (Phi) is 4.52. The zero-order valence-electron chi connectivity index (χ0n) is 17.2. The topological polar surface area (TPSA) is 113 Å². The van der Waals surface area contributed by atoms with Gasteiger partial charge >= 0.3 is 0 Å². The molecule has 5 rings (SSSR count). The molecule has 160 valence electrons. The summed E-state index contributed by atoms with van der Waals surface area (Å²) in [5.74, 6) is 0.187. The van der Waals surface area contributed by atoms with E-state index in [-0.39, 0.29) is 35.0 Å². The van der Waals surface area contributed by atoms with Crippen LogP contribution in [0.4, 0.5) is 5.82 Å². The molecule has 8 nitrogen and oxygen atoms in total. The van der Waals surface area contributed by atoms with Crippen LogP contribution in [-0.2, 0) is 21.7 Å². The number of amides is 1. The van der Waals surface area contributed by atoms with Gasteiger partial charge in [-0.15, -0.1) is 0 Å². The predicted molar refractivity (Wildman–Crippen MR) is 112 cm³/mol. The number of carbonyl (C=O) groups is 1. The van der Waals surface area contributed by atoms with Crippen LogP contribution in [0, 0.1) is 11.3 Å². The number of sulfone groups is 1. The van der Waals surface area contributed by atoms with Gasteiger partial charge in [-0.1, -0.05) is 6.92 Å². The lowest BCUT2D eigenvalue weighted by atomic mass is 9.99. The Morgan fingerprint density at radius 2 is 2.10 bits per heavy atom. The summed E-state index contributed by atoms with van der Waals surface area (Å²) in [6, 6.07) is 7.18. The van der Waals surface area contributed by atoms with Gasteiger partial charge < -0.3 is 4.74 Å². The number of aromatic nitrogens is 2. The molecule has 2 aliphatic carbocycles. The number of anilines is 1. The van der Waals surface area contributed by atoms with Crippen LogP contribution in [0.15, 0.2) is 29.3 Å². The normalized spacial score (nSPS) is 19.5. The van der Waals surface area contributed by atoms with Crippen LogP contribution in [0.3, 0.4) is 0 Å². The summed E-state index contributed by atoms with van der Waals surface area (Å²) in [5, 5.41) is 9.50. The van der Waals surface area contributed by atoms with E-state index in [1.807, 2.05) is 0 Å². The van der Waals surface area contributed by atoms with Gasteiger partial charge in [0.25, 0.3) is 5.91 Å². The van der Waals surface area contributed by atoms with Crippen LogP contribution < -0.4 is 9.64 Å². The summed E-state index contributed by atoms with van der Waals surface area (Å²) in [4.78, 5) is 23.5. The first-order valence-electron chi connectivity index (χ1n) is 10.5. The van der Waals surface area contributed by atoms with Crippen molar-refractivity contribution in [2.24, 2.45) is 0 Å². The van der Waals surface area contributed by atoms with E-state index < -0.39 is 15.3 Å². The first-order valence-corrected chi connectivity index (χ1v) is 12.1. The predicted octanol–water partition coefficient (Wildman–Crippen LogP) is 2.57. The molecular weight excluding hydrogens is 416 g/mol. The van der Waals surface area contributed by atoms with Crippen molar-refractivity contribution < 1.29 is 17.9 Å². The second-order valence-electron chi connectivity index (χ2n) is 8.31. The number of carbonyl (C=O) groups excluding carboxylic acids is 1. The van der Waals surface area contributed by atoms with Crippen molar-refractivity contribution in [1.29, 1.82) is 5.26 Å². The minimum Gasteiger partial charge on any atom is -0.474 e. The van der Waals surface area contributed by atoms with Gasteiger partial charge in [0.1, 0.15) is 11.0 Å². The molecule has 2 aromatic rings. The maximum absolute atomic E-state index is 13.2. The Morgan fingerprint density at radius 1 is 1.32 bits per heavy atom. The zero-order valence-corrected chi connectivity index (χ0v) is 18.0. The average molecular weight is 439 g/mol. The van der Waals surface area contributed by atoms with Gasteiger partial charge in [0.2, 0.25) is 5.88 Å². The molecule has 0 N–H and O–H groups in total. The second kappa shape index (κ2) is 7.02. The van der Waals surface area contributed by atoms with Crippen molar-refractivity contribution in [3.05, 3.63) is 41.2 Å². The first-order chi connectivity index (χ1) is 14.9. The number of nitriles is 1. The highest BCUT2D eigenvalue weighted by Gasteiger charge is 2.46. The molecule has 2 saturated carbocycles. The van der Waals surface area contributed by atoms with Crippen molar-refractivity contribution in [3.8, 4) is 11.9 Å². The lowest BCUT2D eigenvalue weighted by molar-refractivity contribution is 0.0978. The smallest absolute Gasteiger partial charge is 0.261 e. The van der Waals surface area contributed by atoms with Crippen molar-refractivity contribution in [2.45, 2.75) is 55.4 Å². The second-order valence-corrected chi connectivity index (χ2v) is 10.6. The van der Waals surface area contributed by atoms with Gasteiger partial charge in [-0.25, -0.2) is 18.4 Å². The largest absolute Gasteiger partial charge is 0.474 e. The van der Waals surface area contributed by atoms with Gasteiger partial charge in [0.05, 0.1) is 28.5 Å². The molecule has 0 atom stereocenters. The van der Waals surface area contributed by atoms with E-state index in [9.17, 15) is 18.5 Å². The number of hydrogen-bond acceptors (Lipinski definition) is 7. The van der Waals surface area contributed by atoms with Crippen LogP contribution in [0.25, 0.3) is 0 Å². The Bertz CT molecular complexity index is 1230. The number of hydrogen-bond donors (Lipinski definition) is 0. The van der Waals surface area contributed by atoms with E-state index in [4.69, 9.17) is 4.74 Å². The molecule has 3 heterocycles. The fourth-order valence-corrected chi connectivity index (χ4v) is 4.89. The summed E-state index contributed by atoms with van der Waals surface area (Å²) < 4.78 is 31.5. The van der Waals surface area contributed by atoms with Crippen LogP contribution in [-0.4, -0.2) is 42.7 Å². The van der Waals surface area contributed by atoms with Crippen LogP contribution in [0.1, 0.15) is 54.2 Å². The lowest BCUT2D eigenvalue weighted by Gasteiger charge is -2.29. The van der Waals surface area contributed by atoms with Gasteiger partial charge in [0.15, 0.2) is 15.7 Å². The molecule has 1 aliphatic heterocycles. The van der Waals surface area contributed by atoms with Crippen molar-refractivity contribution >= 4 is 21.6 Å². The van der Waals surface area contributed by atoms with E-state index >= 15 is 0 Å².